The molecule has 1 fully saturated rings. The van der Waals surface area contributed by atoms with Gasteiger partial charge in [-0.1, -0.05) is 24.3 Å². The molecular formula is C17H22N4O. The number of rotatable bonds is 4. The Kier molecular flexibility index (Phi) is 4.65. The van der Waals surface area contributed by atoms with Crippen LogP contribution in [-0.4, -0.2) is 46.2 Å². The van der Waals surface area contributed by atoms with Gasteiger partial charge in [0.25, 0.3) is 0 Å². The first-order chi connectivity index (χ1) is 10.8. The lowest BCUT2D eigenvalue weighted by molar-refractivity contribution is 0.242. The van der Waals surface area contributed by atoms with Gasteiger partial charge in [-0.05, 0) is 24.1 Å². The molecule has 22 heavy (non-hydrogen) atoms. The quantitative estimate of drug-likeness (QED) is 0.929. The van der Waals surface area contributed by atoms with E-state index in [-0.39, 0.29) is 6.61 Å². The lowest BCUT2D eigenvalue weighted by atomic mass is 10.1. The van der Waals surface area contributed by atoms with E-state index in [2.05, 4.69) is 25.8 Å². The minimum atomic E-state index is 0.104. The largest absolute Gasteiger partial charge is 0.392 e. The third-order valence-corrected chi connectivity index (χ3v) is 4.12. The minimum absolute atomic E-state index is 0.104. The number of benzene rings is 1. The first kappa shape index (κ1) is 14.9. The average molecular weight is 298 g/mol. The molecule has 1 aromatic heterocycles. The Balaban J connectivity index is 1.60. The maximum absolute atomic E-state index is 9.42. The summed E-state index contributed by atoms with van der Waals surface area (Å²) in [5.41, 5.74) is 3.24. The third-order valence-electron chi connectivity index (χ3n) is 4.12. The second kappa shape index (κ2) is 6.85. The predicted octanol–water partition coefficient (Wildman–Crippen LogP) is 1.60. The van der Waals surface area contributed by atoms with E-state index < -0.39 is 0 Å². The van der Waals surface area contributed by atoms with Crippen LogP contribution in [0.2, 0.25) is 0 Å². The molecule has 1 aliphatic rings. The van der Waals surface area contributed by atoms with E-state index in [0.29, 0.717) is 0 Å². The molecule has 1 aliphatic heterocycles. The summed E-state index contributed by atoms with van der Waals surface area (Å²) in [6.07, 6.45) is 1.82. The molecule has 3 rings (SSSR count). The van der Waals surface area contributed by atoms with E-state index in [1.54, 1.807) is 0 Å². The van der Waals surface area contributed by atoms with Gasteiger partial charge in [-0.15, -0.1) is 0 Å². The van der Waals surface area contributed by atoms with Crippen molar-refractivity contribution < 1.29 is 5.11 Å². The molecule has 2 heterocycles. The van der Waals surface area contributed by atoms with Crippen LogP contribution in [-0.2, 0) is 13.2 Å². The monoisotopic (exact) mass is 298 g/mol. The van der Waals surface area contributed by atoms with Crippen LogP contribution >= 0.6 is 0 Å². The zero-order valence-corrected chi connectivity index (χ0v) is 12.9. The molecule has 5 heteroatoms. The first-order valence-corrected chi connectivity index (χ1v) is 7.71. The SMILES string of the molecule is Cc1ccnc(N2CCN(Cc3ccccc3CO)CC2)n1. The van der Waals surface area contributed by atoms with E-state index in [0.717, 1.165) is 49.9 Å². The second-order valence-electron chi connectivity index (χ2n) is 5.69. The molecule has 0 bridgehead atoms. The number of aryl methyl sites for hydroxylation is 1. The van der Waals surface area contributed by atoms with Crippen LogP contribution in [0.4, 0.5) is 5.95 Å². The Labute approximate surface area is 131 Å². The van der Waals surface area contributed by atoms with Gasteiger partial charge >= 0.3 is 0 Å². The van der Waals surface area contributed by atoms with Crippen LogP contribution in [0.3, 0.4) is 0 Å². The predicted molar refractivity (Wildman–Crippen MR) is 86.6 cm³/mol. The molecule has 1 N–H and O–H groups in total. The fraction of sp³-hybridized carbons (Fsp3) is 0.412. The maximum Gasteiger partial charge on any atom is 0.225 e. The van der Waals surface area contributed by atoms with Crippen LogP contribution < -0.4 is 4.90 Å². The van der Waals surface area contributed by atoms with Gasteiger partial charge in [0.2, 0.25) is 5.95 Å². The zero-order valence-electron chi connectivity index (χ0n) is 12.9. The molecular weight excluding hydrogens is 276 g/mol. The molecule has 0 saturated carbocycles. The first-order valence-electron chi connectivity index (χ1n) is 7.71. The topological polar surface area (TPSA) is 52.5 Å². The summed E-state index contributed by atoms with van der Waals surface area (Å²) in [6.45, 7) is 6.82. The number of hydrogen-bond acceptors (Lipinski definition) is 5. The highest BCUT2D eigenvalue weighted by molar-refractivity contribution is 5.31. The van der Waals surface area contributed by atoms with Crippen LogP contribution in [0.1, 0.15) is 16.8 Å². The Morgan fingerprint density at radius 1 is 1.05 bits per heavy atom. The fourth-order valence-corrected chi connectivity index (χ4v) is 2.80. The Bertz CT molecular complexity index is 624. The van der Waals surface area contributed by atoms with Gasteiger partial charge in [-0.3, -0.25) is 4.90 Å². The van der Waals surface area contributed by atoms with Crippen molar-refractivity contribution in [1.29, 1.82) is 0 Å². The third kappa shape index (κ3) is 3.43. The summed E-state index contributed by atoms with van der Waals surface area (Å²) in [6, 6.07) is 10.0. The van der Waals surface area contributed by atoms with Gasteiger partial charge < -0.3 is 10.0 Å². The van der Waals surface area contributed by atoms with Crippen molar-refractivity contribution in [3.05, 3.63) is 53.3 Å². The standard InChI is InChI=1S/C17H22N4O/c1-14-6-7-18-17(19-14)21-10-8-20(9-11-21)12-15-4-2-3-5-16(15)13-22/h2-7,22H,8-13H2,1H3. The molecule has 2 aromatic rings. The molecule has 0 radical (unpaired) electrons. The molecule has 0 amide bonds. The normalized spacial score (nSPS) is 16.0. The van der Waals surface area contributed by atoms with Crippen molar-refractivity contribution >= 4 is 5.95 Å². The van der Waals surface area contributed by atoms with Crippen molar-refractivity contribution in [3.63, 3.8) is 0 Å². The van der Waals surface area contributed by atoms with Crippen LogP contribution in [0.5, 0.6) is 0 Å². The number of nitrogens with zero attached hydrogens (tertiary/aromatic N) is 4. The summed E-state index contributed by atoms with van der Waals surface area (Å²) < 4.78 is 0. The Morgan fingerprint density at radius 3 is 2.45 bits per heavy atom. The Morgan fingerprint density at radius 2 is 1.77 bits per heavy atom. The summed E-state index contributed by atoms with van der Waals surface area (Å²) in [4.78, 5) is 13.5. The number of anilines is 1. The second-order valence-corrected chi connectivity index (χ2v) is 5.69. The number of hydrogen-bond donors (Lipinski definition) is 1. The summed E-state index contributed by atoms with van der Waals surface area (Å²) in [5, 5.41) is 9.42. The Hall–Kier alpha value is -1.98. The summed E-state index contributed by atoms with van der Waals surface area (Å²) >= 11 is 0. The van der Waals surface area contributed by atoms with Gasteiger partial charge in [0.05, 0.1) is 6.61 Å². The van der Waals surface area contributed by atoms with Gasteiger partial charge in [-0.25, -0.2) is 9.97 Å². The maximum atomic E-state index is 9.42. The van der Waals surface area contributed by atoms with Crippen LogP contribution in [0, 0.1) is 6.92 Å². The highest BCUT2D eigenvalue weighted by Gasteiger charge is 2.19. The molecule has 0 spiro atoms. The molecule has 1 saturated heterocycles. The zero-order chi connectivity index (χ0) is 15.4. The number of aromatic nitrogens is 2. The van der Waals surface area contributed by atoms with Crippen molar-refractivity contribution in [2.75, 3.05) is 31.1 Å². The molecule has 0 aliphatic carbocycles. The number of aliphatic hydroxyl groups excluding tert-OH is 1. The van der Waals surface area contributed by atoms with E-state index >= 15 is 0 Å². The smallest absolute Gasteiger partial charge is 0.225 e. The van der Waals surface area contributed by atoms with Crippen LogP contribution in [0.15, 0.2) is 36.5 Å². The summed E-state index contributed by atoms with van der Waals surface area (Å²) in [7, 11) is 0. The number of aliphatic hydroxyl groups is 1. The van der Waals surface area contributed by atoms with E-state index in [9.17, 15) is 5.11 Å². The molecule has 116 valence electrons. The van der Waals surface area contributed by atoms with Gasteiger partial charge in [0, 0.05) is 44.6 Å². The molecule has 1 aromatic carbocycles. The van der Waals surface area contributed by atoms with Gasteiger partial charge in [0.15, 0.2) is 0 Å². The van der Waals surface area contributed by atoms with Gasteiger partial charge in [0.1, 0.15) is 0 Å². The minimum Gasteiger partial charge on any atom is -0.392 e. The van der Waals surface area contributed by atoms with Gasteiger partial charge in [-0.2, -0.15) is 0 Å². The van der Waals surface area contributed by atoms with Crippen LogP contribution in [0.25, 0.3) is 0 Å². The fourth-order valence-electron chi connectivity index (χ4n) is 2.80. The molecule has 5 nitrogen and oxygen atoms in total. The summed E-state index contributed by atoms with van der Waals surface area (Å²) in [5.74, 6) is 0.829. The molecule has 0 atom stereocenters. The lowest BCUT2D eigenvalue weighted by Crippen LogP contribution is -2.46. The van der Waals surface area contributed by atoms with Crippen molar-refractivity contribution in [2.24, 2.45) is 0 Å². The highest BCUT2D eigenvalue weighted by Crippen LogP contribution is 2.15. The van der Waals surface area contributed by atoms with Crippen molar-refractivity contribution in [3.8, 4) is 0 Å². The van der Waals surface area contributed by atoms with Crippen molar-refractivity contribution in [2.45, 2.75) is 20.1 Å². The molecule has 0 unspecified atom stereocenters. The lowest BCUT2D eigenvalue weighted by Gasteiger charge is -2.35. The van der Waals surface area contributed by atoms with E-state index in [1.807, 2.05) is 37.4 Å². The van der Waals surface area contributed by atoms with E-state index in [1.165, 1.54) is 5.56 Å². The highest BCUT2D eigenvalue weighted by atomic mass is 16.3. The number of piperazine rings is 1. The average Bonchev–Trinajstić information content (AvgIpc) is 2.56. The van der Waals surface area contributed by atoms with Crippen molar-refractivity contribution in [1.82, 2.24) is 14.9 Å². The van der Waals surface area contributed by atoms with E-state index in [4.69, 9.17) is 0 Å².